The number of allylic oxidation sites excluding steroid dienone is 1. The molecular weight excluding hydrogens is 608 g/mol. The summed E-state index contributed by atoms with van der Waals surface area (Å²) in [5.74, 6) is -0.000410. The highest BCUT2D eigenvalue weighted by Gasteiger charge is 2.36. The molecule has 0 amide bonds. The normalized spacial score (nSPS) is 14.7. The fraction of sp³-hybridized carbons (Fsp3) is 0.250. The number of carbonyl (C=O) groups is 2. The number of fused-ring (bicyclic) bond motifs is 1. The molecule has 4 aromatic rings. The first-order valence-corrected chi connectivity index (χ1v) is 15.0. The van der Waals surface area contributed by atoms with Crippen molar-refractivity contribution in [2.45, 2.75) is 32.7 Å². The number of carbonyl (C=O) groups excluding carboxylic acids is 1. The van der Waals surface area contributed by atoms with Crippen molar-refractivity contribution in [3.63, 3.8) is 0 Å². The molecule has 0 saturated carbocycles. The van der Waals surface area contributed by atoms with E-state index in [4.69, 9.17) is 35.2 Å². The Morgan fingerprint density at radius 1 is 1.11 bits per heavy atom. The summed E-state index contributed by atoms with van der Waals surface area (Å²) in [6.45, 7) is 3.85. The molecule has 0 spiro atoms. The number of esters is 1. The number of ether oxygens (including phenoxy) is 3. The van der Waals surface area contributed by atoms with E-state index in [1.54, 1.807) is 43.3 Å². The van der Waals surface area contributed by atoms with Crippen LogP contribution in [-0.4, -0.2) is 42.4 Å². The van der Waals surface area contributed by atoms with Crippen LogP contribution in [-0.2, 0) is 9.53 Å². The average molecular weight is 637 g/mol. The lowest BCUT2D eigenvalue weighted by Crippen LogP contribution is -2.40. The summed E-state index contributed by atoms with van der Waals surface area (Å²) in [5.41, 5.74) is 1.39. The number of furan rings is 1. The minimum absolute atomic E-state index is 0.0592. The van der Waals surface area contributed by atoms with Gasteiger partial charge in [0.15, 0.2) is 4.80 Å². The first-order chi connectivity index (χ1) is 21.2. The van der Waals surface area contributed by atoms with Gasteiger partial charge in [-0.25, -0.2) is 14.6 Å². The summed E-state index contributed by atoms with van der Waals surface area (Å²) in [7, 11) is 3.05. The van der Waals surface area contributed by atoms with Gasteiger partial charge in [-0.2, -0.15) is 0 Å². The van der Waals surface area contributed by atoms with E-state index in [0.29, 0.717) is 67.0 Å². The number of hydrogen-bond acceptors (Lipinski definition) is 9. The molecule has 1 aliphatic heterocycles. The Morgan fingerprint density at radius 2 is 1.91 bits per heavy atom. The van der Waals surface area contributed by atoms with Gasteiger partial charge >= 0.3 is 11.9 Å². The van der Waals surface area contributed by atoms with Crippen molar-refractivity contribution >= 4 is 41.0 Å². The van der Waals surface area contributed by atoms with Crippen LogP contribution in [0.5, 0.6) is 11.5 Å². The highest BCUT2D eigenvalue weighted by molar-refractivity contribution is 7.07. The van der Waals surface area contributed by atoms with Gasteiger partial charge in [0.1, 0.15) is 29.1 Å². The van der Waals surface area contributed by atoms with E-state index in [1.807, 2.05) is 6.92 Å². The number of rotatable bonds is 10. The lowest BCUT2D eigenvalue weighted by atomic mass is 9.93. The van der Waals surface area contributed by atoms with Crippen molar-refractivity contribution in [3.05, 3.63) is 101 Å². The Hall–Kier alpha value is -4.61. The number of halogens is 1. The number of nitrogens with zero attached hydrogens (tertiary/aromatic N) is 2. The fourth-order valence-electron chi connectivity index (χ4n) is 5.02. The minimum atomic E-state index is -1.09. The highest BCUT2D eigenvalue weighted by Crippen LogP contribution is 2.39. The molecule has 2 aromatic heterocycles. The minimum Gasteiger partial charge on any atom is -0.497 e. The van der Waals surface area contributed by atoms with E-state index < -0.39 is 23.5 Å². The van der Waals surface area contributed by atoms with Crippen molar-refractivity contribution in [1.82, 2.24) is 4.57 Å². The monoisotopic (exact) mass is 636 g/mol. The molecule has 228 valence electrons. The summed E-state index contributed by atoms with van der Waals surface area (Å²) < 4.78 is 24.4. The molecule has 10 nitrogen and oxygen atoms in total. The van der Waals surface area contributed by atoms with Crippen LogP contribution in [0.3, 0.4) is 0 Å². The largest absolute Gasteiger partial charge is 0.497 e. The molecule has 12 heteroatoms. The summed E-state index contributed by atoms with van der Waals surface area (Å²) in [6, 6.07) is 11.9. The molecule has 0 unspecified atom stereocenters. The zero-order chi connectivity index (χ0) is 31.5. The standard InChI is InChI=1S/C32H29ClN2O8S/c1-5-7-23-27(31(39)42-6-2)28(21-15-18(40-3)9-12-24(21)41-4)35-29(36)26(44-32(35)34-23)16-19-10-13-25(43-19)20-14-17(30(37)38)8-11-22(20)33/h8-16,28H,5-7H2,1-4H3,(H,37,38)/b26-16-/t28-/m1/s1. The highest BCUT2D eigenvalue weighted by atomic mass is 35.5. The number of benzene rings is 2. The zero-order valence-corrected chi connectivity index (χ0v) is 26.0. The number of thiazole rings is 1. The number of hydrogen-bond donors (Lipinski definition) is 1. The third kappa shape index (κ3) is 5.80. The summed E-state index contributed by atoms with van der Waals surface area (Å²) in [4.78, 5) is 44.2. The summed E-state index contributed by atoms with van der Waals surface area (Å²) >= 11 is 7.49. The maximum Gasteiger partial charge on any atom is 0.338 e. The quantitative estimate of drug-likeness (QED) is 0.235. The van der Waals surface area contributed by atoms with Crippen LogP contribution in [0.4, 0.5) is 0 Å². The van der Waals surface area contributed by atoms with Crippen LogP contribution in [0, 0.1) is 0 Å². The van der Waals surface area contributed by atoms with E-state index in [0.717, 1.165) is 11.3 Å². The third-order valence-corrected chi connectivity index (χ3v) is 8.32. The Balaban J connectivity index is 1.71. The van der Waals surface area contributed by atoms with E-state index in [2.05, 4.69) is 0 Å². The second kappa shape index (κ2) is 12.9. The first-order valence-electron chi connectivity index (χ1n) is 13.8. The van der Waals surface area contributed by atoms with Crippen LogP contribution in [0.1, 0.15) is 54.4 Å². The van der Waals surface area contributed by atoms with E-state index in [1.165, 1.54) is 37.0 Å². The Labute approximate surface area is 261 Å². The van der Waals surface area contributed by atoms with Crippen molar-refractivity contribution in [3.8, 4) is 22.8 Å². The third-order valence-electron chi connectivity index (χ3n) is 7.00. The topological polar surface area (TPSA) is 130 Å². The molecule has 3 heterocycles. The molecule has 0 fully saturated rings. The molecule has 1 N–H and O–H groups in total. The molecule has 0 saturated heterocycles. The van der Waals surface area contributed by atoms with Crippen molar-refractivity contribution < 1.29 is 33.3 Å². The Kier molecular flexibility index (Phi) is 9.07. The van der Waals surface area contributed by atoms with Gasteiger partial charge in [0.05, 0.1) is 47.2 Å². The van der Waals surface area contributed by atoms with Gasteiger partial charge in [-0.3, -0.25) is 9.36 Å². The van der Waals surface area contributed by atoms with Gasteiger partial charge < -0.3 is 23.7 Å². The molecular formula is C32H29ClN2O8S. The predicted octanol–water partition coefficient (Wildman–Crippen LogP) is 5.21. The molecule has 1 aliphatic rings. The molecule has 0 radical (unpaired) electrons. The summed E-state index contributed by atoms with van der Waals surface area (Å²) in [6.07, 6.45) is 2.77. The molecule has 44 heavy (non-hydrogen) atoms. The van der Waals surface area contributed by atoms with Crippen LogP contribution in [0.15, 0.2) is 74.0 Å². The Bertz CT molecular complexity index is 1970. The van der Waals surface area contributed by atoms with Crippen molar-refractivity contribution in [2.75, 3.05) is 20.8 Å². The molecule has 5 rings (SSSR count). The van der Waals surface area contributed by atoms with E-state index >= 15 is 0 Å². The van der Waals surface area contributed by atoms with Gasteiger partial charge in [-0.05, 0) is 61.9 Å². The predicted molar refractivity (Wildman–Crippen MR) is 165 cm³/mol. The fourth-order valence-corrected chi connectivity index (χ4v) is 6.23. The van der Waals surface area contributed by atoms with Crippen LogP contribution >= 0.6 is 22.9 Å². The number of aromatic carboxylic acids is 1. The second-order valence-corrected chi connectivity index (χ2v) is 11.1. The zero-order valence-electron chi connectivity index (χ0n) is 24.4. The van der Waals surface area contributed by atoms with Crippen molar-refractivity contribution in [2.24, 2.45) is 4.99 Å². The maximum absolute atomic E-state index is 14.1. The summed E-state index contributed by atoms with van der Waals surface area (Å²) in [5, 5.41) is 9.70. The van der Waals surface area contributed by atoms with E-state index in [-0.39, 0.29) is 17.7 Å². The molecule has 0 bridgehead atoms. The first kappa shape index (κ1) is 30.8. The molecule has 1 atom stereocenters. The lowest BCUT2D eigenvalue weighted by Gasteiger charge is -2.27. The van der Waals surface area contributed by atoms with Crippen LogP contribution in [0.25, 0.3) is 17.4 Å². The van der Waals surface area contributed by atoms with Gasteiger partial charge in [0.25, 0.3) is 5.56 Å². The van der Waals surface area contributed by atoms with Gasteiger partial charge in [-0.15, -0.1) is 0 Å². The Morgan fingerprint density at radius 3 is 2.59 bits per heavy atom. The van der Waals surface area contributed by atoms with Gasteiger partial charge in [0.2, 0.25) is 0 Å². The van der Waals surface area contributed by atoms with Gasteiger partial charge in [0, 0.05) is 17.2 Å². The number of carboxylic acids is 1. The van der Waals surface area contributed by atoms with Crippen LogP contribution in [0.2, 0.25) is 5.02 Å². The lowest BCUT2D eigenvalue weighted by molar-refractivity contribution is -0.139. The number of carboxylic acid groups (broad SMARTS) is 1. The molecule has 2 aromatic carbocycles. The van der Waals surface area contributed by atoms with Crippen LogP contribution < -0.4 is 24.4 Å². The number of methoxy groups -OCH3 is 2. The van der Waals surface area contributed by atoms with Gasteiger partial charge in [-0.1, -0.05) is 36.3 Å². The van der Waals surface area contributed by atoms with E-state index in [9.17, 15) is 19.5 Å². The second-order valence-electron chi connectivity index (χ2n) is 9.72. The maximum atomic E-state index is 14.1. The SMILES string of the molecule is CCCC1=C(C(=O)OCC)[C@@H](c2cc(OC)ccc2OC)n2c(s/c(=C\c3ccc(-c4cc(C(=O)O)ccc4Cl)o3)c2=O)=N1. The smallest absolute Gasteiger partial charge is 0.338 e. The number of aromatic nitrogens is 1. The average Bonchev–Trinajstić information content (AvgIpc) is 3.60. The molecule has 0 aliphatic carbocycles. The van der Waals surface area contributed by atoms with Crippen molar-refractivity contribution in [1.29, 1.82) is 0 Å².